The standard InChI is InChI=1S/C20H20ClN5O3S/c1-26-17(11-22-19(28)13-6-4-3-5-7-13)24-25-20(26)30-12-18(27)23-15-10-14(21)8-9-16(15)29-2/h3-10H,11-12H2,1-2H3,(H,22,28)(H,23,27). The van der Waals surface area contributed by atoms with Crippen molar-refractivity contribution in [3.63, 3.8) is 0 Å². The van der Waals surface area contributed by atoms with Crippen molar-refractivity contribution in [2.24, 2.45) is 7.05 Å². The number of hydrogen-bond donors (Lipinski definition) is 2. The highest BCUT2D eigenvalue weighted by Gasteiger charge is 2.14. The number of anilines is 1. The van der Waals surface area contributed by atoms with E-state index in [4.69, 9.17) is 16.3 Å². The van der Waals surface area contributed by atoms with E-state index in [9.17, 15) is 9.59 Å². The second kappa shape index (κ2) is 10.1. The highest BCUT2D eigenvalue weighted by atomic mass is 35.5. The Labute approximate surface area is 183 Å². The fourth-order valence-electron chi connectivity index (χ4n) is 2.57. The first-order valence-corrected chi connectivity index (χ1v) is 10.3. The molecule has 3 aromatic rings. The van der Waals surface area contributed by atoms with Crippen molar-refractivity contribution in [2.75, 3.05) is 18.2 Å². The van der Waals surface area contributed by atoms with Crippen molar-refractivity contribution in [1.82, 2.24) is 20.1 Å². The van der Waals surface area contributed by atoms with Crippen LogP contribution < -0.4 is 15.4 Å². The van der Waals surface area contributed by atoms with Gasteiger partial charge in [0.1, 0.15) is 5.75 Å². The molecule has 0 atom stereocenters. The number of hydrogen-bond acceptors (Lipinski definition) is 6. The Morgan fingerprint density at radius 1 is 1.17 bits per heavy atom. The minimum atomic E-state index is -0.234. The van der Waals surface area contributed by atoms with Crippen LogP contribution >= 0.6 is 23.4 Å². The fourth-order valence-corrected chi connectivity index (χ4v) is 3.47. The Kier molecular flexibility index (Phi) is 7.31. The summed E-state index contributed by atoms with van der Waals surface area (Å²) in [5.41, 5.74) is 1.07. The monoisotopic (exact) mass is 445 g/mol. The van der Waals surface area contributed by atoms with Crippen molar-refractivity contribution < 1.29 is 14.3 Å². The van der Waals surface area contributed by atoms with Crippen LogP contribution in [0, 0.1) is 0 Å². The molecule has 0 fully saturated rings. The Morgan fingerprint density at radius 2 is 1.93 bits per heavy atom. The number of carbonyl (C=O) groups is 2. The molecule has 3 rings (SSSR count). The van der Waals surface area contributed by atoms with E-state index in [1.165, 1.54) is 18.9 Å². The third-order valence-electron chi connectivity index (χ3n) is 4.14. The van der Waals surface area contributed by atoms with Crippen LogP contribution in [0.5, 0.6) is 5.75 Å². The minimum Gasteiger partial charge on any atom is -0.495 e. The fraction of sp³-hybridized carbons (Fsp3) is 0.200. The number of benzene rings is 2. The number of thioether (sulfide) groups is 1. The molecule has 0 aliphatic rings. The average Bonchev–Trinajstić information content (AvgIpc) is 3.10. The van der Waals surface area contributed by atoms with E-state index in [0.717, 1.165) is 0 Å². The summed E-state index contributed by atoms with van der Waals surface area (Å²) in [4.78, 5) is 24.5. The molecule has 0 spiro atoms. The molecule has 30 heavy (non-hydrogen) atoms. The average molecular weight is 446 g/mol. The van der Waals surface area contributed by atoms with E-state index in [0.29, 0.717) is 33.0 Å². The Balaban J connectivity index is 1.54. The summed E-state index contributed by atoms with van der Waals surface area (Å²) in [6.07, 6.45) is 0. The van der Waals surface area contributed by atoms with Gasteiger partial charge in [0.2, 0.25) is 5.91 Å². The Bertz CT molecular complexity index is 1040. The molecule has 8 nitrogen and oxygen atoms in total. The zero-order valence-electron chi connectivity index (χ0n) is 16.4. The molecule has 0 bridgehead atoms. The maximum atomic E-state index is 12.3. The summed E-state index contributed by atoms with van der Waals surface area (Å²) >= 11 is 7.22. The number of carbonyl (C=O) groups excluding carboxylic acids is 2. The number of nitrogens with zero attached hydrogens (tertiary/aromatic N) is 3. The second-order valence-electron chi connectivity index (χ2n) is 6.19. The lowest BCUT2D eigenvalue weighted by Crippen LogP contribution is -2.24. The van der Waals surface area contributed by atoms with Crippen LogP contribution in [0.4, 0.5) is 5.69 Å². The Hall–Kier alpha value is -3.04. The van der Waals surface area contributed by atoms with Crippen molar-refractivity contribution in [2.45, 2.75) is 11.7 Å². The molecule has 0 saturated heterocycles. The summed E-state index contributed by atoms with van der Waals surface area (Å²) in [6.45, 7) is 0.226. The largest absolute Gasteiger partial charge is 0.495 e. The predicted molar refractivity (Wildman–Crippen MR) is 116 cm³/mol. The van der Waals surface area contributed by atoms with Crippen LogP contribution in [-0.4, -0.2) is 39.4 Å². The van der Waals surface area contributed by atoms with Gasteiger partial charge >= 0.3 is 0 Å². The number of aromatic nitrogens is 3. The van der Waals surface area contributed by atoms with E-state index in [1.807, 2.05) is 6.07 Å². The summed E-state index contributed by atoms with van der Waals surface area (Å²) in [5.74, 6) is 0.801. The minimum absolute atomic E-state index is 0.123. The zero-order valence-corrected chi connectivity index (χ0v) is 18.0. The molecule has 0 aliphatic carbocycles. The van der Waals surface area contributed by atoms with Crippen LogP contribution in [0.25, 0.3) is 0 Å². The first-order chi connectivity index (χ1) is 14.5. The summed E-state index contributed by atoms with van der Waals surface area (Å²) in [6, 6.07) is 13.9. The molecule has 0 radical (unpaired) electrons. The first-order valence-electron chi connectivity index (χ1n) is 8.95. The number of amides is 2. The lowest BCUT2D eigenvalue weighted by molar-refractivity contribution is -0.113. The molecule has 156 valence electrons. The summed E-state index contributed by atoms with van der Waals surface area (Å²) in [7, 11) is 3.30. The molecule has 10 heteroatoms. The molecule has 1 heterocycles. The zero-order chi connectivity index (χ0) is 21.5. The molecular formula is C20H20ClN5O3S. The van der Waals surface area contributed by atoms with Gasteiger partial charge < -0.3 is 19.9 Å². The normalized spacial score (nSPS) is 10.5. The van der Waals surface area contributed by atoms with Crippen molar-refractivity contribution in [3.05, 3.63) is 64.9 Å². The van der Waals surface area contributed by atoms with Crippen molar-refractivity contribution in [1.29, 1.82) is 0 Å². The molecular weight excluding hydrogens is 426 g/mol. The quantitative estimate of drug-likeness (QED) is 0.517. The summed E-state index contributed by atoms with van der Waals surface area (Å²) < 4.78 is 6.96. The van der Waals surface area contributed by atoms with Gasteiger partial charge in [-0.25, -0.2) is 0 Å². The van der Waals surface area contributed by atoms with Gasteiger partial charge in [0.25, 0.3) is 5.91 Å². The van der Waals surface area contributed by atoms with Crippen LogP contribution in [-0.2, 0) is 18.4 Å². The highest BCUT2D eigenvalue weighted by molar-refractivity contribution is 7.99. The van der Waals surface area contributed by atoms with Crippen LogP contribution in [0.15, 0.2) is 53.7 Å². The van der Waals surface area contributed by atoms with Gasteiger partial charge in [-0.1, -0.05) is 41.6 Å². The third-order valence-corrected chi connectivity index (χ3v) is 5.39. The lowest BCUT2D eigenvalue weighted by atomic mass is 10.2. The molecule has 2 N–H and O–H groups in total. The number of methoxy groups -OCH3 is 1. The predicted octanol–water partition coefficient (Wildman–Crippen LogP) is 3.14. The SMILES string of the molecule is COc1ccc(Cl)cc1NC(=O)CSc1nnc(CNC(=O)c2ccccc2)n1C. The first kappa shape index (κ1) is 21.7. The van der Waals surface area contributed by atoms with E-state index < -0.39 is 0 Å². The van der Waals surface area contributed by atoms with E-state index in [-0.39, 0.29) is 24.1 Å². The van der Waals surface area contributed by atoms with Gasteiger partial charge in [-0.2, -0.15) is 0 Å². The smallest absolute Gasteiger partial charge is 0.251 e. The molecule has 0 unspecified atom stereocenters. The maximum absolute atomic E-state index is 12.3. The number of halogens is 1. The van der Waals surface area contributed by atoms with E-state index >= 15 is 0 Å². The van der Waals surface area contributed by atoms with Crippen LogP contribution in [0.1, 0.15) is 16.2 Å². The van der Waals surface area contributed by atoms with Gasteiger partial charge in [-0.3, -0.25) is 9.59 Å². The van der Waals surface area contributed by atoms with Crippen molar-refractivity contribution in [3.8, 4) is 5.75 Å². The number of nitrogens with one attached hydrogen (secondary N) is 2. The van der Waals surface area contributed by atoms with Gasteiger partial charge in [0.15, 0.2) is 11.0 Å². The molecule has 0 aliphatic heterocycles. The van der Waals surface area contributed by atoms with Crippen molar-refractivity contribution >= 4 is 40.9 Å². The van der Waals surface area contributed by atoms with Gasteiger partial charge in [0, 0.05) is 17.6 Å². The summed E-state index contributed by atoms with van der Waals surface area (Å²) in [5, 5.41) is 14.8. The molecule has 0 saturated carbocycles. The Morgan fingerprint density at radius 3 is 2.67 bits per heavy atom. The number of ether oxygens (including phenoxy) is 1. The molecule has 2 amide bonds. The van der Waals surface area contributed by atoms with E-state index in [1.54, 1.807) is 54.1 Å². The topological polar surface area (TPSA) is 98.1 Å². The highest BCUT2D eigenvalue weighted by Crippen LogP contribution is 2.28. The van der Waals surface area contributed by atoms with Gasteiger partial charge in [-0.15, -0.1) is 10.2 Å². The van der Waals surface area contributed by atoms with Gasteiger partial charge in [0.05, 0.1) is 25.1 Å². The molecule has 1 aromatic heterocycles. The lowest BCUT2D eigenvalue weighted by Gasteiger charge is -2.10. The van der Waals surface area contributed by atoms with E-state index in [2.05, 4.69) is 20.8 Å². The maximum Gasteiger partial charge on any atom is 0.251 e. The third kappa shape index (κ3) is 5.52. The van der Waals surface area contributed by atoms with Crippen LogP contribution in [0.2, 0.25) is 5.02 Å². The number of rotatable bonds is 8. The molecule has 2 aromatic carbocycles. The second-order valence-corrected chi connectivity index (χ2v) is 7.57. The van der Waals surface area contributed by atoms with Crippen LogP contribution in [0.3, 0.4) is 0 Å². The van der Waals surface area contributed by atoms with Gasteiger partial charge in [-0.05, 0) is 30.3 Å².